The van der Waals surface area contributed by atoms with Gasteiger partial charge in [0.15, 0.2) is 11.6 Å². The quantitative estimate of drug-likeness (QED) is 0.311. The van der Waals surface area contributed by atoms with Crippen molar-refractivity contribution in [1.29, 1.82) is 0 Å². The van der Waals surface area contributed by atoms with Crippen molar-refractivity contribution >= 4 is 27.7 Å². The average Bonchev–Trinajstić information content (AvgIpc) is 3.56. The second-order valence-corrected chi connectivity index (χ2v) is 17.5. The summed E-state index contributed by atoms with van der Waals surface area (Å²) in [5.41, 5.74) is 0.326. The summed E-state index contributed by atoms with van der Waals surface area (Å²) in [6.07, 6.45) is 8.05. The molecule has 1 atom stereocenters. The van der Waals surface area contributed by atoms with Gasteiger partial charge in [-0.05, 0) is 95.4 Å². The van der Waals surface area contributed by atoms with E-state index in [1.165, 1.54) is 30.6 Å². The number of aromatic nitrogens is 2. The van der Waals surface area contributed by atoms with E-state index >= 15 is 0 Å². The topological polar surface area (TPSA) is 119 Å². The van der Waals surface area contributed by atoms with Crippen molar-refractivity contribution in [1.82, 2.24) is 29.0 Å². The Hall–Kier alpha value is -3.62. The number of likely N-dealkylation sites (tertiary alicyclic amines) is 2. The molecule has 0 N–H and O–H groups in total. The molecule has 278 valence electrons. The Morgan fingerprint density at radius 3 is 2.37 bits per heavy atom. The molecule has 2 amide bonds. The lowest BCUT2D eigenvalue weighted by Crippen LogP contribution is -2.62. The van der Waals surface area contributed by atoms with E-state index in [4.69, 9.17) is 4.74 Å². The maximum Gasteiger partial charge on any atom is 0.258 e. The molecule has 4 aliphatic rings. The van der Waals surface area contributed by atoms with Gasteiger partial charge in [-0.1, -0.05) is 6.58 Å². The molecule has 1 aromatic heterocycles. The zero-order valence-electron chi connectivity index (χ0n) is 30.3. The smallest absolute Gasteiger partial charge is 0.258 e. The lowest BCUT2D eigenvalue weighted by atomic mass is 9.72. The molecule has 1 spiro atoms. The third-order valence-electron chi connectivity index (χ3n) is 11.1. The molecule has 0 aliphatic carbocycles. The van der Waals surface area contributed by atoms with Crippen molar-refractivity contribution in [2.24, 2.45) is 11.3 Å². The molecule has 12 nitrogen and oxygen atoms in total. The Balaban J connectivity index is 1.02. The van der Waals surface area contributed by atoms with Crippen LogP contribution in [-0.2, 0) is 14.8 Å². The number of amides is 2. The number of sulfonamides is 1. The molecule has 0 bridgehead atoms. The number of hydrogen-bond acceptors (Lipinski definition) is 9. The maximum absolute atomic E-state index is 14.4. The van der Waals surface area contributed by atoms with Crippen LogP contribution in [0, 0.1) is 17.2 Å². The van der Waals surface area contributed by atoms with Crippen LogP contribution in [0.5, 0.6) is 11.5 Å². The average molecular weight is 726 g/mol. The number of benzene rings is 1. The number of carbonyl (C=O) groups is 2. The van der Waals surface area contributed by atoms with Crippen LogP contribution in [0.3, 0.4) is 0 Å². The maximum atomic E-state index is 14.4. The van der Waals surface area contributed by atoms with Crippen molar-refractivity contribution in [3.63, 3.8) is 0 Å². The third-order valence-corrected chi connectivity index (χ3v) is 13.5. The molecule has 0 saturated carbocycles. The van der Waals surface area contributed by atoms with Crippen LogP contribution in [0.25, 0.3) is 0 Å². The minimum Gasteiger partial charge on any atom is -0.451 e. The largest absolute Gasteiger partial charge is 0.451 e. The third kappa shape index (κ3) is 7.92. The standard InChI is InChI=1S/C37H52FN7O5S/c1-6-34(46)42-15-10-30(11-16-42)51(48,49)44-17-12-37(13-18-44)23-41(24-37)21-28-9-14-43(22-28)35-33(20-39-25-40-35)50-32-8-7-29(38)19-31(32)36(47)45(26(2)3)27(4)5/h6-8,19-20,25-28,30H,1,9-18,21-24H2,2-5H3. The molecule has 1 unspecified atom stereocenters. The number of rotatable bonds is 11. The van der Waals surface area contributed by atoms with Crippen molar-refractivity contribution in [2.45, 2.75) is 77.1 Å². The summed E-state index contributed by atoms with van der Waals surface area (Å²) in [5, 5.41) is -0.426. The number of carbonyl (C=O) groups excluding carboxylic acids is 2. The fourth-order valence-corrected chi connectivity index (χ4v) is 10.4. The zero-order valence-corrected chi connectivity index (χ0v) is 31.2. The van der Waals surface area contributed by atoms with Gasteiger partial charge in [0.2, 0.25) is 15.9 Å². The summed E-state index contributed by atoms with van der Waals surface area (Å²) in [7, 11) is -3.39. The van der Waals surface area contributed by atoms with Gasteiger partial charge in [-0.15, -0.1) is 0 Å². The highest BCUT2D eigenvalue weighted by Gasteiger charge is 2.48. The van der Waals surface area contributed by atoms with Gasteiger partial charge < -0.3 is 24.3 Å². The summed E-state index contributed by atoms with van der Waals surface area (Å²) in [5.74, 6) is 0.805. The Kier molecular flexibility index (Phi) is 11.0. The molecule has 1 aromatic carbocycles. The highest BCUT2D eigenvalue weighted by Crippen LogP contribution is 2.43. The molecule has 4 aliphatic heterocycles. The van der Waals surface area contributed by atoms with Crippen LogP contribution >= 0.6 is 0 Å². The van der Waals surface area contributed by atoms with E-state index in [9.17, 15) is 22.4 Å². The second-order valence-electron chi connectivity index (χ2n) is 15.3. The van der Waals surface area contributed by atoms with E-state index in [0.29, 0.717) is 56.5 Å². The van der Waals surface area contributed by atoms with Gasteiger partial charge in [0.1, 0.15) is 17.9 Å². The van der Waals surface area contributed by atoms with Gasteiger partial charge in [-0.25, -0.2) is 27.1 Å². The minimum absolute atomic E-state index is 0.0769. The van der Waals surface area contributed by atoms with E-state index in [0.717, 1.165) is 52.0 Å². The first-order valence-electron chi connectivity index (χ1n) is 18.3. The van der Waals surface area contributed by atoms with Crippen LogP contribution < -0.4 is 9.64 Å². The second kappa shape index (κ2) is 15.2. The SMILES string of the molecule is C=CC(=O)N1CCC(S(=O)(=O)N2CCC3(CC2)CN(CC2CCN(c4ncncc4Oc4ccc(F)cc4C(=O)N(C(C)C)C(C)C)C2)C3)CC1. The predicted octanol–water partition coefficient (Wildman–Crippen LogP) is 4.40. The van der Waals surface area contributed by atoms with E-state index < -0.39 is 21.1 Å². The number of piperidine rings is 2. The Bertz CT molecular complexity index is 1690. The highest BCUT2D eigenvalue weighted by molar-refractivity contribution is 7.89. The molecule has 51 heavy (non-hydrogen) atoms. The molecule has 4 saturated heterocycles. The lowest BCUT2D eigenvalue weighted by Gasteiger charge is -2.54. The normalized spacial score (nSPS) is 21.7. The van der Waals surface area contributed by atoms with Crippen LogP contribution in [-0.4, -0.2) is 125 Å². The van der Waals surface area contributed by atoms with Crippen molar-refractivity contribution in [2.75, 3.05) is 63.8 Å². The molecular formula is C37H52FN7O5S. The first kappa shape index (κ1) is 37.1. The van der Waals surface area contributed by atoms with Crippen LogP contribution in [0.4, 0.5) is 10.2 Å². The van der Waals surface area contributed by atoms with Crippen LogP contribution in [0.15, 0.2) is 43.4 Å². The number of anilines is 1. The summed E-state index contributed by atoms with van der Waals surface area (Å²) in [4.78, 5) is 42.3. The molecule has 5 heterocycles. The molecule has 4 fully saturated rings. The van der Waals surface area contributed by atoms with Crippen LogP contribution in [0.2, 0.25) is 0 Å². The number of nitrogens with zero attached hydrogens (tertiary/aromatic N) is 7. The molecule has 2 aromatic rings. The van der Waals surface area contributed by atoms with Gasteiger partial charge in [0, 0.05) is 71.0 Å². The van der Waals surface area contributed by atoms with E-state index in [1.54, 1.807) is 20.3 Å². The van der Waals surface area contributed by atoms with Gasteiger partial charge in [0.25, 0.3) is 5.91 Å². The molecule has 0 radical (unpaired) electrons. The van der Waals surface area contributed by atoms with Gasteiger partial charge >= 0.3 is 0 Å². The summed E-state index contributed by atoms with van der Waals surface area (Å²) >= 11 is 0. The first-order chi connectivity index (χ1) is 24.3. The summed E-state index contributed by atoms with van der Waals surface area (Å²) in [6.45, 7) is 17.8. The number of hydrogen-bond donors (Lipinski definition) is 0. The fourth-order valence-electron chi connectivity index (χ4n) is 8.52. The van der Waals surface area contributed by atoms with Crippen molar-refractivity contribution in [3.8, 4) is 11.5 Å². The van der Waals surface area contributed by atoms with Gasteiger partial charge in [-0.2, -0.15) is 0 Å². The van der Waals surface area contributed by atoms with Gasteiger partial charge in [-0.3, -0.25) is 9.59 Å². The molecule has 6 rings (SSSR count). The van der Waals surface area contributed by atoms with Gasteiger partial charge in [0.05, 0.1) is 17.0 Å². The minimum atomic E-state index is -3.39. The Morgan fingerprint density at radius 2 is 1.73 bits per heavy atom. The molecular weight excluding hydrogens is 674 g/mol. The first-order valence-corrected chi connectivity index (χ1v) is 19.8. The van der Waals surface area contributed by atoms with E-state index in [2.05, 4.69) is 26.3 Å². The van der Waals surface area contributed by atoms with E-state index in [1.807, 2.05) is 27.7 Å². The monoisotopic (exact) mass is 725 g/mol. The fraction of sp³-hybridized carbons (Fsp3) is 0.622. The zero-order chi connectivity index (χ0) is 36.5. The van der Waals surface area contributed by atoms with Crippen molar-refractivity contribution in [3.05, 3.63) is 54.8 Å². The Labute approximate surface area is 301 Å². The van der Waals surface area contributed by atoms with Crippen molar-refractivity contribution < 1.29 is 27.1 Å². The lowest BCUT2D eigenvalue weighted by molar-refractivity contribution is -0.126. The number of halogens is 1. The van der Waals surface area contributed by atoms with Crippen LogP contribution in [0.1, 0.15) is 70.2 Å². The Morgan fingerprint density at radius 1 is 1.04 bits per heavy atom. The van der Waals surface area contributed by atoms with E-state index in [-0.39, 0.29) is 40.6 Å². The molecule has 14 heteroatoms. The predicted molar refractivity (Wildman–Crippen MR) is 194 cm³/mol. The number of ether oxygens (including phenoxy) is 1. The summed E-state index contributed by atoms with van der Waals surface area (Å²) < 4.78 is 49.3. The highest BCUT2D eigenvalue weighted by atomic mass is 32.2. The summed E-state index contributed by atoms with van der Waals surface area (Å²) in [6, 6.07) is 3.85.